The maximum Gasteiger partial charge on any atom is 0.191 e. The molecular weight excluding hydrogens is 304 g/mol. The number of likely N-dealkylation sites (N-methyl/N-ethyl adjacent to an activating group) is 1. The molecule has 0 aliphatic carbocycles. The van der Waals surface area contributed by atoms with Gasteiger partial charge in [-0.15, -0.1) is 0 Å². The van der Waals surface area contributed by atoms with Crippen molar-refractivity contribution in [3.8, 4) is 0 Å². The molecule has 6 heteroatoms. The van der Waals surface area contributed by atoms with Crippen LogP contribution >= 0.6 is 0 Å². The lowest BCUT2D eigenvalue weighted by Crippen LogP contribution is -2.42. The fourth-order valence-electron chi connectivity index (χ4n) is 2.70. The second kappa shape index (κ2) is 9.69. The minimum Gasteiger partial charge on any atom is -0.466 e. The number of guanidine groups is 1. The largest absolute Gasteiger partial charge is 0.466 e. The maximum absolute atomic E-state index is 10.8. The van der Waals surface area contributed by atoms with Gasteiger partial charge in [0.1, 0.15) is 17.1 Å². The molecule has 0 fully saturated rings. The van der Waals surface area contributed by atoms with Gasteiger partial charge >= 0.3 is 0 Å². The smallest absolute Gasteiger partial charge is 0.191 e. The van der Waals surface area contributed by atoms with E-state index in [1.165, 1.54) is 0 Å². The third-order valence-electron chi connectivity index (χ3n) is 4.13. The summed E-state index contributed by atoms with van der Waals surface area (Å²) in [7, 11) is 0. The van der Waals surface area contributed by atoms with E-state index in [4.69, 9.17) is 4.42 Å². The number of nitrogens with zero attached hydrogens (tertiary/aromatic N) is 2. The highest BCUT2D eigenvalue weighted by Gasteiger charge is 2.27. The second-order valence-corrected chi connectivity index (χ2v) is 6.25. The molecule has 138 valence electrons. The van der Waals surface area contributed by atoms with Crippen LogP contribution < -0.4 is 10.6 Å². The van der Waals surface area contributed by atoms with Crippen LogP contribution in [0, 0.1) is 13.8 Å². The lowest BCUT2D eigenvalue weighted by atomic mass is 9.96. The van der Waals surface area contributed by atoms with E-state index in [2.05, 4.69) is 34.4 Å². The number of aliphatic hydroxyl groups is 1. The van der Waals surface area contributed by atoms with E-state index in [1.54, 1.807) is 6.92 Å². The van der Waals surface area contributed by atoms with Gasteiger partial charge in [-0.3, -0.25) is 0 Å². The summed E-state index contributed by atoms with van der Waals surface area (Å²) in [5, 5.41) is 17.3. The molecular formula is C18H34N4O2. The van der Waals surface area contributed by atoms with Crippen LogP contribution in [-0.2, 0) is 5.60 Å². The maximum atomic E-state index is 10.8. The first-order chi connectivity index (χ1) is 11.3. The summed E-state index contributed by atoms with van der Waals surface area (Å²) in [6, 6.07) is 1.88. The van der Waals surface area contributed by atoms with Gasteiger partial charge in [0.05, 0.1) is 6.54 Å². The Morgan fingerprint density at radius 2 is 1.92 bits per heavy atom. The van der Waals surface area contributed by atoms with Crippen molar-refractivity contribution in [3.63, 3.8) is 0 Å². The van der Waals surface area contributed by atoms with Crippen LogP contribution in [0.15, 0.2) is 15.5 Å². The van der Waals surface area contributed by atoms with Gasteiger partial charge in [0.2, 0.25) is 0 Å². The molecule has 0 radical (unpaired) electrons. The number of aliphatic imine (C=N–C) groups is 1. The first-order valence-corrected chi connectivity index (χ1v) is 8.88. The van der Waals surface area contributed by atoms with Crippen molar-refractivity contribution in [2.24, 2.45) is 4.99 Å². The molecule has 0 saturated carbocycles. The summed E-state index contributed by atoms with van der Waals surface area (Å²) in [5.74, 6) is 2.27. The number of hydrogen-bond acceptors (Lipinski definition) is 4. The van der Waals surface area contributed by atoms with Crippen LogP contribution in [0.1, 0.15) is 44.8 Å². The van der Waals surface area contributed by atoms with E-state index < -0.39 is 5.60 Å². The molecule has 1 aromatic heterocycles. The van der Waals surface area contributed by atoms with Crippen molar-refractivity contribution < 1.29 is 9.52 Å². The van der Waals surface area contributed by atoms with E-state index in [-0.39, 0.29) is 6.54 Å². The summed E-state index contributed by atoms with van der Waals surface area (Å²) in [6.07, 6.45) is 0. The molecule has 0 amide bonds. The molecule has 0 bridgehead atoms. The fourth-order valence-corrected chi connectivity index (χ4v) is 2.70. The highest BCUT2D eigenvalue weighted by atomic mass is 16.3. The van der Waals surface area contributed by atoms with Crippen molar-refractivity contribution >= 4 is 5.96 Å². The Hall–Kier alpha value is -1.53. The van der Waals surface area contributed by atoms with Gasteiger partial charge in [0.15, 0.2) is 5.96 Å². The van der Waals surface area contributed by atoms with Gasteiger partial charge in [0, 0.05) is 25.2 Å². The number of rotatable bonds is 9. The molecule has 3 N–H and O–H groups in total. The minimum absolute atomic E-state index is 0.271. The normalized spacial score (nSPS) is 14.8. The van der Waals surface area contributed by atoms with Crippen LogP contribution in [0.4, 0.5) is 0 Å². The molecule has 0 saturated heterocycles. The average molecular weight is 338 g/mol. The first-order valence-electron chi connectivity index (χ1n) is 8.88. The van der Waals surface area contributed by atoms with E-state index in [0.717, 1.165) is 55.8 Å². The van der Waals surface area contributed by atoms with Gasteiger partial charge in [-0.1, -0.05) is 13.8 Å². The highest BCUT2D eigenvalue weighted by molar-refractivity contribution is 5.79. The molecule has 1 unspecified atom stereocenters. The molecule has 1 rings (SSSR count). The predicted octanol–water partition coefficient (Wildman–Crippen LogP) is 2.00. The fraction of sp³-hybridized carbons (Fsp3) is 0.722. The summed E-state index contributed by atoms with van der Waals surface area (Å²) in [6.45, 7) is 16.8. The monoisotopic (exact) mass is 338 g/mol. The molecule has 24 heavy (non-hydrogen) atoms. The summed E-state index contributed by atoms with van der Waals surface area (Å²) in [5.41, 5.74) is -0.258. The van der Waals surface area contributed by atoms with Crippen molar-refractivity contribution in [1.82, 2.24) is 15.5 Å². The van der Waals surface area contributed by atoms with Crippen molar-refractivity contribution in [3.05, 3.63) is 23.2 Å². The zero-order valence-electron chi connectivity index (χ0n) is 16.1. The van der Waals surface area contributed by atoms with E-state index in [1.807, 2.05) is 26.8 Å². The molecule has 1 heterocycles. The average Bonchev–Trinajstić information content (AvgIpc) is 2.88. The lowest BCUT2D eigenvalue weighted by molar-refractivity contribution is 0.0657. The molecule has 0 spiro atoms. The Morgan fingerprint density at radius 3 is 2.42 bits per heavy atom. The first kappa shape index (κ1) is 20.5. The highest BCUT2D eigenvalue weighted by Crippen LogP contribution is 2.27. The summed E-state index contributed by atoms with van der Waals surface area (Å²) >= 11 is 0. The zero-order valence-corrected chi connectivity index (χ0v) is 16.1. The Morgan fingerprint density at radius 1 is 1.25 bits per heavy atom. The Balaban J connectivity index is 2.68. The van der Waals surface area contributed by atoms with Gasteiger partial charge in [-0.05, 0) is 46.9 Å². The van der Waals surface area contributed by atoms with Crippen LogP contribution in [-0.4, -0.2) is 55.2 Å². The molecule has 1 aromatic rings. The number of nitrogens with one attached hydrogen (secondary N) is 2. The van der Waals surface area contributed by atoms with Crippen molar-refractivity contribution in [2.75, 3.05) is 39.3 Å². The van der Waals surface area contributed by atoms with Crippen LogP contribution in [0.3, 0.4) is 0 Å². The van der Waals surface area contributed by atoms with E-state index >= 15 is 0 Å². The van der Waals surface area contributed by atoms with E-state index in [0.29, 0.717) is 0 Å². The topological polar surface area (TPSA) is 73.0 Å². The van der Waals surface area contributed by atoms with Crippen molar-refractivity contribution in [1.29, 1.82) is 0 Å². The SMILES string of the molecule is CCNC(=NCC(C)(O)c1cc(C)oc1C)NCCN(CC)CC. The third kappa shape index (κ3) is 6.17. The van der Waals surface area contributed by atoms with Crippen LogP contribution in [0.25, 0.3) is 0 Å². The molecule has 0 aliphatic rings. The standard InChI is InChI=1S/C18H34N4O2/c1-7-19-17(20-10-11-22(8-2)9-3)21-13-18(6,23)16-12-14(4)24-15(16)5/h12,23H,7-11,13H2,1-6H3,(H2,19,20,21). The quantitative estimate of drug-likeness (QED) is 0.474. The van der Waals surface area contributed by atoms with Gasteiger partial charge in [-0.25, -0.2) is 4.99 Å². The number of aryl methyl sites for hydroxylation is 2. The molecule has 0 aromatic carbocycles. The van der Waals surface area contributed by atoms with Gasteiger partial charge < -0.3 is 25.1 Å². The zero-order chi connectivity index (χ0) is 18.2. The summed E-state index contributed by atoms with van der Waals surface area (Å²) in [4.78, 5) is 6.90. The Kier molecular flexibility index (Phi) is 8.28. The Bertz CT molecular complexity index is 519. The van der Waals surface area contributed by atoms with Gasteiger partial charge in [-0.2, -0.15) is 0 Å². The van der Waals surface area contributed by atoms with Crippen molar-refractivity contribution in [2.45, 2.75) is 47.1 Å². The number of furan rings is 1. The predicted molar refractivity (Wildman–Crippen MR) is 99.5 cm³/mol. The molecule has 0 aliphatic heterocycles. The third-order valence-corrected chi connectivity index (χ3v) is 4.13. The molecule has 6 nitrogen and oxygen atoms in total. The lowest BCUT2D eigenvalue weighted by Gasteiger charge is -2.22. The minimum atomic E-state index is -1.05. The summed E-state index contributed by atoms with van der Waals surface area (Å²) < 4.78 is 5.53. The van der Waals surface area contributed by atoms with Crippen LogP contribution in [0.2, 0.25) is 0 Å². The van der Waals surface area contributed by atoms with Gasteiger partial charge in [0.25, 0.3) is 0 Å². The number of hydrogen-bond donors (Lipinski definition) is 3. The van der Waals surface area contributed by atoms with E-state index in [9.17, 15) is 5.11 Å². The second-order valence-electron chi connectivity index (χ2n) is 6.25. The molecule has 1 atom stereocenters. The van der Waals surface area contributed by atoms with Crippen LogP contribution in [0.5, 0.6) is 0 Å². The Labute approximate surface area is 146 Å².